The zero-order chi connectivity index (χ0) is 14.5. The van der Waals surface area contributed by atoms with Crippen molar-refractivity contribution in [2.45, 2.75) is 38.3 Å². The number of ether oxygens (including phenoxy) is 1. The highest BCUT2D eigenvalue weighted by Crippen LogP contribution is 2.22. The lowest BCUT2D eigenvalue weighted by molar-refractivity contribution is -0.122. The number of hydrogen-bond donors (Lipinski definition) is 2. The number of carbonyl (C=O) groups is 1. The Kier molecular flexibility index (Phi) is 6.22. The zero-order valence-corrected chi connectivity index (χ0v) is 12.4. The Morgan fingerprint density at radius 2 is 2.21 bits per heavy atom. The van der Waals surface area contributed by atoms with Crippen molar-refractivity contribution in [3.05, 3.63) is 0 Å². The van der Waals surface area contributed by atoms with E-state index in [1.165, 1.54) is 0 Å². The maximum Gasteiger partial charge on any atom is 0.236 e. The van der Waals surface area contributed by atoms with Gasteiger partial charge in [0.2, 0.25) is 5.91 Å². The van der Waals surface area contributed by atoms with Gasteiger partial charge in [0.1, 0.15) is 9.84 Å². The van der Waals surface area contributed by atoms with Crippen molar-refractivity contribution in [3.8, 4) is 0 Å². The molecule has 0 aromatic rings. The maximum atomic E-state index is 11.7. The predicted molar refractivity (Wildman–Crippen MR) is 73.5 cm³/mol. The molecule has 1 saturated heterocycles. The van der Waals surface area contributed by atoms with E-state index >= 15 is 0 Å². The second kappa shape index (κ2) is 7.21. The molecule has 1 heterocycles. The van der Waals surface area contributed by atoms with Gasteiger partial charge in [-0.1, -0.05) is 6.92 Å². The number of amides is 1. The Labute approximate surface area is 115 Å². The SMILES string of the molecule is CCC1OCCC1CNC(=O)C(N)CCS(C)(=O)=O. The highest BCUT2D eigenvalue weighted by molar-refractivity contribution is 7.90. The van der Waals surface area contributed by atoms with Crippen molar-refractivity contribution >= 4 is 15.7 Å². The molecule has 3 unspecified atom stereocenters. The van der Waals surface area contributed by atoms with Crippen LogP contribution in [0.3, 0.4) is 0 Å². The summed E-state index contributed by atoms with van der Waals surface area (Å²) in [5, 5.41) is 2.79. The minimum atomic E-state index is -3.08. The molecule has 3 N–H and O–H groups in total. The van der Waals surface area contributed by atoms with Crippen LogP contribution >= 0.6 is 0 Å². The maximum absolute atomic E-state index is 11.7. The molecule has 0 spiro atoms. The third-order valence-electron chi connectivity index (χ3n) is 3.42. The van der Waals surface area contributed by atoms with Crippen molar-refractivity contribution in [3.63, 3.8) is 0 Å². The molecular weight excluding hydrogens is 268 g/mol. The zero-order valence-electron chi connectivity index (χ0n) is 11.6. The molecule has 0 aliphatic carbocycles. The summed E-state index contributed by atoms with van der Waals surface area (Å²) in [6, 6.07) is -0.767. The molecule has 6 nitrogen and oxygen atoms in total. The molecule has 0 saturated carbocycles. The van der Waals surface area contributed by atoms with E-state index in [1.54, 1.807) is 0 Å². The van der Waals surface area contributed by atoms with Crippen molar-refractivity contribution in [1.82, 2.24) is 5.32 Å². The fraction of sp³-hybridized carbons (Fsp3) is 0.917. The lowest BCUT2D eigenvalue weighted by Gasteiger charge is -2.18. The molecule has 112 valence electrons. The smallest absolute Gasteiger partial charge is 0.236 e. The number of sulfone groups is 1. The fourth-order valence-corrected chi connectivity index (χ4v) is 2.89. The molecular formula is C12H24N2O4S. The van der Waals surface area contributed by atoms with Gasteiger partial charge in [0.05, 0.1) is 17.9 Å². The van der Waals surface area contributed by atoms with Crippen LogP contribution in [0.25, 0.3) is 0 Å². The van der Waals surface area contributed by atoms with Gasteiger partial charge in [-0.25, -0.2) is 8.42 Å². The number of carbonyl (C=O) groups excluding carboxylic acids is 1. The van der Waals surface area contributed by atoms with Crippen molar-refractivity contribution < 1.29 is 17.9 Å². The van der Waals surface area contributed by atoms with Crippen LogP contribution in [0.2, 0.25) is 0 Å². The Morgan fingerprint density at radius 1 is 1.53 bits per heavy atom. The van der Waals surface area contributed by atoms with E-state index in [4.69, 9.17) is 10.5 Å². The van der Waals surface area contributed by atoms with E-state index in [2.05, 4.69) is 12.2 Å². The van der Waals surface area contributed by atoms with Gasteiger partial charge in [0, 0.05) is 25.3 Å². The molecule has 1 fully saturated rings. The summed E-state index contributed by atoms with van der Waals surface area (Å²) in [5.41, 5.74) is 5.67. The van der Waals surface area contributed by atoms with Crippen LogP contribution in [-0.4, -0.2) is 51.6 Å². The Balaban J connectivity index is 2.30. The number of hydrogen-bond acceptors (Lipinski definition) is 5. The largest absolute Gasteiger partial charge is 0.378 e. The fourth-order valence-electron chi connectivity index (χ4n) is 2.21. The third kappa shape index (κ3) is 5.88. The summed E-state index contributed by atoms with van der Waals surface area (Å²) in [6.45, 7) is 3.34. The van der Waals surface area contributed by atoms with E-state index < -0.39 is 15.9 Å². The number of nitrogens with two attached hydrogens (primary N) is 1. The van der Waals surface area contributed by atoms with E-state index in [1.807, 2.05) is 0 Å². The van der Waals surface area contributed by atoms with Crippen LogP contribution in [0, 0.1) is 5.92 Å². The Hall–Kier alpha value is -0.660. The minimum Gasteiger partial charge on any atom is -0.378 e. The summed E-state index contributed by atoms with van der Waals surface area (Å²) >= 11 is 0. The third-order valence-corrected chi connectivity index (χ3v) is 4.40. The summed E-state index contributed by atoms with van der Waals surface area (Å²) in [4.78, 5) is 11.7. The molecule has 1 aliphatic heterocycles. The van der Waals surface area contributed by atoms with E-state index in [0.717, 1.165) is 25.7 Å². The van der Waals surface area contributed by atoms with E-state index in [-0.39, 0.29) is 24.2 Å². The van der Waals surface area contributed by atoms with Gasteiger partial charge < -0.3 is 15.8 Å². The molecule has 7 heteroatoms. The standard InChI is InChI=1S/C12H24N2O4S/c1-3-11-9(4-6-18-11)8-14-12(15)10(13)5-7-19(2,16)17/h9-11H,3-8,13H2,1-2H3,(H,14,15). The first-order chi connectivity index (χ1) is 8.83. The normalized spacial score (nSPS) is 25.2. The lowest BCUT2D eigenvalue weighted by atomic mass is 9.99. The van der Waals surface area contributed by atoms with Gasteiger partial charge in [-0.15, -0.1) is 0 Å². The van der Waals surface area contributed by atoms with Crippen LogP contribution in [-0.2, 0) is 19.4 Å². The molecule has 3 atom stereocenters. The van der Waals surface area contributed by atoms with E-state index in [9.17, 15) is 13.2 Å². The molecule has 1 rings (SSSR count). The molecule has 19 heavy (non-hydrogen) atoms. The second-order valence-corrected chi connectivity index (χ2v) is 7.40. The van der Waals surface area contributed by atoms with Crippen LogP contribution in [0.1, 0.15) is 26.2 Å². The van der Waals surface area contributed by atoms with Gasteiger partial charge in [0.15, 0.2) is 0 Å². The first-order valence-electron chi connectivity index (χ1n) is 6.66. The quantitative estimate of drug-likeness (QED) is 0.670. The summed E-state index contributed by atoms with van der Waals surface area (Å²) in [6.07, 6.45) is 3.37. The van der Waals surface area contributed by atoms with Crippen LogP contribution in [0.4, 0.5) is 0 Å². The highest BCUT2D eigenvalue weighted by Gasteiger charge is 2.27. The van der Waals surface area contributed by atoms with Crippen LogP contribution < -0.4 is 11.1 Å². The van der Waals surface area contributed by atoms with Crippen molar-refractivity contribution in [2.24, 2.45) is 11.7 Å². The molecule has 0 radical (unpaired) electrons. The second-order valence-electron chi connectivity index (χ2n) is 5.14. The lowest BCUT2D eigenvalue weighted by Crippen LogP contribution is -2.44. The van der Waals surface area contributed by atoms with Gasteiger partial charge >= 0.3 is 0 Å². The highest BCUT2D eigenvalue weighted by atomic mass is 32.2. The van der Waals surface area contributed by atoms with Gasteiger partial charge in [-0.2, -0.15) is 0 Å². The molecule has 0 aromatic carbocycles. The van der Waals surface area contributed by atoms with Crippen LogP contribution in [0.15, 0.2) is 0 Å². The van der Waals surface area contributed by atoms with Crippen molar-refractivity contribution in [1.29, 1.82) is 0 Å². The first-order valence-corrected chi connectivity index (χ1v) is 8.72. The summed E-state index contributed by atoms with van der Waals surface area (Å²) < 4.78 is 27.5. The van der Waals surface area contributed by atoms with Crippen molar-refractivity contribution in [2.75, 3.05) is 25.2 Å². The molecule has 1 amide bonds. The van der Waals surface area contributed by atoms with Gasteiger partial charge in [0.25, 0.3) is 0 Å². The number of nitrogens with one attached hydrogen (secondary N) is 1. The molecule has 1 aliphatic rings. The topological polar surface area (TPSA) is 98.5 Å². The van der Waals surface area contributed by atoms with Crippen LogP contribution in [0.5, 0.6) is 0 Å². The van der Waals surface area contributed by atoms with E-state index in [0.29, 0.717) is 12.5 Å². The Morgan fingerprint density at radius 3 is 2.79 bits per heavy atom. The predicted octanol–water partition coefficient (Wildman–Crippen LogP) is -0.320. The van der Waals surface area contributed by atoms with Gasteiger partial charge in [-0.3, -0.25) is 4.79 Å². The average Bonchev–Trinajstić information content (AvgIpc) is 2.79. The first kappa shape index (κ1) is 16.4. The van der Waals surface area contributed by atoms with Gasteiger partial charge in [-0.05, 0) is 19.3 Å². The molecule has 0 bridgehead atoms. The summed E-state index contributed by atoms with van der Waals surface area (Å²) in [5.74, 6) is -0.0208. The monoisotopic (exact) mass is 292 g/mol. The summed E-state index contributed by atoms with van der Waals surface area (Å²) in [7, 11) is -3.08. The average molecular weight is 292 g/mol. The minimum absolute atomic E-state index is 0.0638. The number of rotatable bonds is 7. The molecule has 0 aromatic heterocycles. The Bertz CT molecular complexity index is 397.